The number of rotatable bonds is 7. The summed E-state index contributed by atoms with van der Waals surface area (Å²) in [7, 11) is 6.35. The normalized spacial score (nSPS) is 18.6. The zero-order chi connectivity index (χ0) is 26.5. The van der Waals surface area contributed by atoms with Crippen LogP contribution in [0.2, 0.25) is 0 Å². The Balaban J connectivity index is 1.26. The van der Waals surface area contributed by atoms with E-state index in [1.54, 1.807) is 6.07 Å². The van der Waals surface area contributed by atoms with Crippen LogP contribution in [0.1, 0.15) is 64.8 Å². The highest BCUT2D eigenvalue weighted by molar-refractivity contribution is 6.27. The Bertz CT molecular complexity index is 1330. The number of hydrogen-bond acceptors (Lipinski definition) is 7. The van der Waals surface area contributed by atoms with E-state index in [0.717, 1.165) is 39.7 Å². The van der Waals surface area contributed by atoms with Crippen LogP contribution in [0.15, 0.2) is 24.3 Å². The van der Waals surface area contributed by atoms with Gasteiger partial charge in [-0.05, 0) is 25.0 Å². The lowest BCUT2D eigenvalue weighted by Crippen LogP contribution is -2.50. The maximum atomic E-state index is 13.5. The van der Waals surface area contributed by atoms with Gasteiger partial charge in [-0.15, -0.1) is 5.06 Å². The van der Waals surface area contributed by atoms with Crippen LogP contribution in [0.25, 0.3) is 10.8 Å². The highest BCUT2D eigenvalue weighted by atomic mass is 16.7. The van der Waals surface area contributed by atoms with Crippen LogP contribution in [0, 0.1) is 0 Å². The summed E-state index contributed by atoms with van der Waals surface area (Å²) in [5.41, 5.74) is 3.26. The fourth-order valence-corrected chi connectivity index (χ4v) is 5.71. The number of hydroxylamine groups is 2. The van der Waals surface area contributed by atoms with Gasteiger partial charge in [0, 0.05) is 60.3 Å². The Morgan fingerprint density at radius 1 is 0.973 bits per heavy atom. The summed E-state index contributed by atoms with van der Waals surface area (Å²) in [6, 6.07) is 7.59. The minimum Gasteiger partial charge on any atom is -0.330 e. The number of unbranched alkanes of at least 4 members (excludes halogenated alkanes) is 2. The third-order valence-electron chi connectivity index (χ3n) is 7.20. The van der Waals surface area contributed by atoms with E-state index in [2.05, 4.69) is 19.0 Å². The fourth-order valence-electron chi connectivity index (χ4n) is 5.71. The molecular formula is C27H31N4O6+. The summed E-state index contributed by atoms with van der Waals surface area (Å²) < 4.78 is 0.771. The van der Waals surface area contributed by atoms with Crippen molar-refractivity contribution in [3.8, 4) is 0 Å². The van der Waals surface area contributed by atoms with Crippen LogP contribution >= 0.6 is 0 Å². The highest BCUT2D eigenvalue weighted by Gasteiger charge is 2.37. The minimum absolute atomic E-state index is 0.0365. The number of nitrogens with zero attached hydrogens (tertiary/aromatic N) is 4. The fraction of sp³-hybridized carbons (Fsp3) is 0.444. The van der Waals surface area contributed by atoms with E-state index in [-0.39, 0.29) is 37.6 Å². The van der Waals surface area contributed by atoms with Gasteiger partial charge in [-0.1, -0.05) is 18.6 Å². The first-order valence-corrected chi connectivity index (χ1v) is 12.6. The van der Waals surface area contributed by atoms with E-state index in [1.165, 1.54) is 4.90 Å². The quantitative estimate of drug-likeness (QED) is 0.322. The third-order valence-corrected chi connectivity index (χ3v) is 7.20. The molecule has 2 aromatic carbocycles. The average Bonchev–Trinajstić information content (AvgIpc) is 3.14. The molecule has 10 nitrogen and oxygen atoms in total. The zero-order valence-electron chi connectivity index (χ0n) is 21.4. The number of imide groups is 2. The van der Waals surface area contributed by atoms with Gasteiger partial charge in [-0.2, -0.15) is 0 Å². The Kier molecular flexibility index (Phi) is 6.23. The number of quaternary nitrogens is 1. The molecule has 0 radical (unpaired) electrons. The second-order valence-electron chi connectivity index (χ2n) is 10.7. The molecular weight excluding hydrogens is 476 g/mol. The number of carbonyl (C=O) groups excluding carboxylic acids is 5. The second kappa shape index (κ2) is 9.26. The standard InChI is InChI=1S/C27H31N4O6/c1-28-16-31(2,3)15-17-14-20-24-18(25(17)28)8-7-9-19(24)26(35)29(27(20)36)13-6-4-5-10-23(34)37-30-21(32)11-12-22(30)33/h7-9,14H,4-6,10-13,15-16H2,1-3H3/q+1. The summed E-state index contributed by atoms with van der Waals surface area (Å²) in [6.07, 6.45) is 1.69. The Labute approximate surface area is 214 Å². The molecule has 4 amide bonds. The molecule has 0 bridgehead atoms. The first-order valence-electron chi connectivity index (χ1n) is 12.6. The van der Waals surface area contributed by atoms with Crippen molar-refractivity contribution in [2.75, 3.05) is 39.3 Å². The molecule has 0 aromatic heterocycles. The van der Waals surface area contributed by atoms with Crippen LogP contribution < -0.4 is 4.90 Å². The van der Waals surface area contributed by atoms with Gasteiger partial charge < -0.3 is 14.2 Å². The molecule has 37 heavy (non-hydrogen) atoms. The van der Waals surface area contributed by atoms with Gasteiger partial charge in [-0.3, -0.25) is 24.1 Å². The molecule has 3 heterocycles. The molecule has 2 aromatic rings. The van der Waals surface area contributed by atoms with Crippen LogP contribution in [-0.2, 0) is 25.8 Å². The number of fused-ring (bicyclic) bond motifs is 2. The van der Waals surface area contributed by atoms with Crippen LogP contribution in [0.5, 0.6) is 0 Å². The predicted molar refractivity (Wildman–Crippen MR) is 134 cm³/mol. The van der Waals surface area contributed by atoms with Crippen molar-refractivity contribution in [3.05, 3.63) is 41.0 Å². The lowest BCUT2D eigenvalue weighted by atomic mass is 9.89. The Morgan fingerprint density at radius 3 is 2.41 bits per heavy atom. The maximum absolute atomic E-state index is 13.5. The minimum atomic E-state index is -0.648. The lowest BCUT2D eigenvalue weighted by molar-refractivity contribution is -0.904. The number of carbonyl (C=O) groups is 5. The van der Waals surface area contributed by atoms with Crippen molar-refractivity contribution in [2.24, 2.45) is 0 Å². The van der Waals surface area contributed by atoms with E-state index in [1.807, 2.05) is 25.2 Å². The number of anilines is 1. The van der Waals surface area contributed by atoms with Crippen molar-refractivity contribution in [2.45, 2.75) is 45.1 Å². The Morgan fingerprint density at radius 2 is 1.68 bits per heavy atom. The van der Waals surface area contributed by atoms with Crippen molar-refractivity contribution in [1.82, 2.24) is 9.96 Å². The molecule has 3 aliphatic heterocycles. The molecule has 0 N–H and O–H groups in total. The van der Waals surface area contributed by atoms with Gasteiger partial charge in [0.2, 0.25) is 0 Å². The monoisotopic (exact) mass is 507 g/mol. The molecule has 194 valence electrons. The summed E-state index contributed by atoms with van der Waals surface area (Å²) in [6.45, 7) is 1.86. The van der Waals surface area contributed by atoms with Crippen molar-refractivity contribution in [1.29, 1.82) is 0 Å². The Hall–Kier alpha value is -3.79. The summed E-state index contributed by atoms with van der Waals surface area (Å²) >= 11 is 0. The lowest BCUT2D eigenvalue weighted by Gasteiger charge is -2.41. The number of hydrogen-bond donors (Lipinski definition) is 0. The van der Waals surface area contributed by atoms with E-state index in [4.69, 9.17) is 4.84 Å². The molecule has 0 atom stereocenters. The molecule has 0 saturated carbocycles. The molecule has 1 saturated heterocycles. The highest BCUT2D eigenvalue weighted by Crippen LogP contribution is 2.41. The zero-order valence-corrected chi connectivity index (χ0v) is 21.4. The summed E-state index contributed by atoms with van der Waals surface area (Å²) in [5.74, 6) is -2.26. The molecule has 3 aliphatic rings. The SMILES string of the molecule is CN1C[N+](C)(C)Cc2cc3c4c(cccc4c21)C(=O)N(CCCCCC(=O)ON1C(=O)CCC1=O)C3=O. The van der Waals surface area contributed by atoms with Crippen molar-refractivity contribution >= 4 is 46.1 Å². The molecule has 10 heteroatoms. The first kappa shape index (κ1) is 24.9. The van der Waals surface area contributed by atoms with Crippen LogP contribution in [0.4, 0.5) is 5.69 Å². The van der Waals surface area contributed by atoms with Gasteiger partial charge in [-0.25, -0.2) is 4.79 Å². The topological polar surface area (TPSA) is 104 Å². The van der Waals surface area contributed by atoms with Gasteiger partial charge in [0.25, 0.3) is 23.6 Å². The first-order chi connectivity index (χ1) is 17.6. The molecule has 1 fully saturated rings. The molecule has 0 aliphatic carbocycles. The predicted octanol–water partition coefficient (Wildman–Crippen LogP) is 2.59. The molecule has 0 spiro atoms. The molecule has 5 rings (SSSR count). The van der Waals surface area contributed by atoms with E-state index < -0.39 is 17.8 Å². The maximum Gasteiger partial charge on any atom is 0.333 e. The largest absolute Gasteiger partial charge is 0.333 e. The number of benzene rings is 2. The second-order valence-corrected chi connectivity index (χ2v) is 10.7. The summed E-state index contributed by atoms with van der Waals surface area (Å²) in [4.78, 5) is 70.4. The molecule has 0 unspecified atom stereocenters. The summed E-state index contributed by atoms with van der Waals surface area (Å²) in [5, 5.41) is 2.20. The van der Waals surface area contributed by atoms with E-state index in [9.17, 15) is 24.0 Å². The average molecular weight is 508 g/mol. The van der Waals surface area contributed by atoms with Crippen molar-refractivity contribution < 1.29 is 33.3 Å². The van der Waals surface area contributed by atoms with Gasteiger partial charge >= 0.3 is 5.97 Å². The van der Waals surface area contributed by atoms with Gasteiger partial charge in [0.15, 0.2) is 6.67 Å². The smallest absolute Gasteiger partial charge is 0.330 e. The number of amides is 4. The van der Waals surface area contributed by atoms with Gasteiger partial charge in [0.1, 0.15) is 6.54 Å². The third kappa shape index (κ3) is 4.46. The van der Waals surface area contributed by atoms with Crippen LogP contribution in [0.3, 0.4) is 0 Å². The van der Waals surface area contributed by atoms with E-state index in [0.29, 0.717) is 35.5 Å². The van der Waals surface area contributed by atoms with Crippen LogP contribution in [-0.4, -0.2) is 78.4 Å². The van der Waals surface area contributed by atoms with Crippen molar-refractivity contribution in [3.63, 3.8) is 0 Å². The van der Waals surface area contributed by atoms with E-state index >= 15 is 0 Å². The van der Waals surface area contributed by atoms with Gasteiger partial charge in [0.05, 0.1) is 19.8 Å².